The maximum atomic E-state index is 12.6. The smallest absolute Gasteiger partial charge is 0.443 e. The van der Waals surface area contributed by atoms with Gasteiger partial charge in [0.25, 0.3) is 0 Å². The second-order valence-electron chi connectivity index (χ2n) is 7.44. The van der Waals surface area contributed by atoms with Crippen LogP contribution in [0.1, 0.15) is 38.5 Å². The molecule has 7 nitrogen and oxygen atoms in total. The van der Waals surface area contributed by atoms with Gasteiger partial charge >= 0.3 is 21.6 Å². The SMILES string of the molecule is CNC(=O)OC12CC3CC(C1)CC(C(=O)NS(=O)(=O)C(F)(F)F)(C3)C2. The van der Waals surface area contributed by atoms with Gasteiger partial charge in [0.1, 0.15) is 5.60 Å². The Labute approximate surface area is 142 Å². The molecule has 4 aliphatic carbocycles. The van der Waals surface area contributed by atoms with Crippen molar-refractivity contribution in [2.45, 2.75) is 49.6 Å². The van der Waals surface area contributed by atoms with E-state index in [1.165, 1.54) is 11.8 Å². The Kier molecular flexibility index (Phi) is 4.01. The molecule has 0 saturated heterocycles. The maximum Gasteiger partial charge on any atom is 0.516 e. The Morgan fingerprint density at radius 2 is 1.68 bits per heavy atom. The fourth-order valence-corrected chi connectivity index (χ4v) is 5.68. The van der Waals surface area contributed by atoms with Gasteiger partial charge in [-0.2, -0.15) is 21.6 Å². The topological polar surface area (TPSA) is 102 Å². The molecule has 2 unspecified atom stereocenters. The van der Waals surface area contributed by atoms with Gasteiger partial charge in [0.05, 0.1) is 5.41 Å². The summed E-state index contributed by atoms with van der Waals surface area (Å²) in [7, 11) is -4.37. The van der Waals surface area contributed by atoms with Crippen molar-refractivity contribution in [3.63, 3.8) is 0 Å². The molecule has 0 aromatic rings. The van der Waals surface area contributed by atoms with Crippen molar-refractivity contribution in [1.82, 2.24) is 10.0 Å². The molecule has 4 fully saturated rings. The number of alkyl carbamates (subject to hydrolysis) is 1. The van der Waals surface area contributed by atoms with E-state index in [0.717, 1.165) is 6.42 Å². The monoisotopic (exact) mass is 384 g/mol. The molecule has 2 atom stereocenters. The molecule has 4 rings (SSSR count). The average Bonchev–Trinajstić information content (AvgIpc) is 2.43. The summed E-state index contributed by atoms with van der Waals surface area (Å²) in [5.41, 5.74) is -7.73. The van der Waals surface area contributed by atoms with Crippen molar-refractivity contribution < 1.29 is 35.9 Å². The number of alkyl halides is 3. The predicted octanol–water partition coefficient (Wildman–Crippen LogP) is 1.65. The van der Waals surface area contributed by atoms with E-state index in [0.29, 0.717) is 25.7 Å². The van der Waals surface area contributed by atoms with E-state index in [1.54, 1.807) is 0 Å². The van der Waals surface area contributed by atoms with E-state index in [2.05, 4.69) is 5.32 Å². The zero-order chi connectivity index (χ0) is 18.7. The summed E-state index contributed by atoms with van der Waals surface area (Å²) >= 11 is 0. The van der Waals surface area contributed by atoms with Gasteiger partial charge in [0.2, 0.25) is 5.91 Å². The van der Waals surface area contributed by atoms with Crippen LogP contribution in [0.15, 0.2) is 0 Å². The van der Waals surface area contributed by atoms with Crippen LogP contribution in [0.5, 0.6) is 0 Å². The van der Waals surface area contributed by atoms with Crippen molar-refractivity contribution in [1.29, 1.82) is 0 Å². The van der Waals surface area contributed by atoms with Gasteiger partial charge in [0, 0.05) is 13.5 Å². The number of nitrogens with one attached hydrogen (secondary N) is 2. The quantitative estimate of drug-likeness (QED) is 0.770. The zero-order valence-corrected chi connectivity index (χ0v) is 14.3. The lowest BCUT2D eigenvalue weighted by Gasteiger charge is -2.60. The Morgan fingerprint density at radius 3 is 2.16 bits per heavy atom. The molecule has 4 saturated carbocycles. The van der Waals surface area contributed by atoms with Crippen molar-refractivity contribution in [2.24, 2.45) is 17.3 Å². The third-order valence-electron chi connectivity index (χ3n) is 5.53. The third-order valence-corrected chi connectivity index (χ3v) is 6.60. The van der Waals surface area contributed by atoms with Crippen LogP contribution in [0.2, 0.25) is 0 Å². The van der Waals surface area contributed by atoms with Crippen LogP contribution >= 0.6 is 0 Å². The number of rotatable bonds is 3. The van der Waals surface area contributed by atoms with Crippen LogP contribution in [0, 0.1) is 17.3 Å². The largest absolute Gasteiger partial charge is 0.516 e. The summed E-state index contributed by atoms with van der Waals surface area (Å²) in [6.45, 7) is 0. The average molecular weight is 384 g/mol. The lowest BCUT2D eigenvalue weighted by Crippen LogP contribution is -2.62. The summed E-state index contributed by atoms with van der Waals surface area (Å²) in [6, 6.07) is 0. The third kappa shape index (κ3) is 3.06. The normalized spacial score (nSPS) is 36.8. The highest BCUT2D eigenvalue weighted by Gasteiger charge is 2.63. The van der Waals surface area contributed by atoms with E-state index in [1.807, 2.05) is 0 Å². The van der Waals surface area contributed by atoms with Crippen LogP contribution in [-0.2, 0) is 19.6 Å². The molecule has 0 aromatic heterocycles. The van der Waals surface area contributed by atoms with Crippen LogP contribution in [0.25, 0.3) is 0 Å². The molecule has 2 N–H and O–H groups in total. The van der Waals surface area contributed by atoms with Gasteiger partial charge in [0.15, 0.2) is 0 Å². The molecule has 0 heterocycles. The van der Waals surface area contributed by atoms with Crippen molar-refractivity contribution in [3.8, 4) is 0 Å². The number of hydrogen-bond acceptors (Lipinski definition) is 5. The summed E-state index contributed by atoms with van der Waals surface area (Å²) in [5, 5.41) is 2.33. The van der Waals surface area contributed by atoms with Crippen LogP contribution in [0.3, 0.4) is 0 Å². The summed E-state index contributed by atoms with van der Waals surface area (Å²) in [5.74, 6) is -1.11. The standard InChI is InChI=1S/C14H19F3N2O5S/c1-18-11(21)24-13-5-8-2-9(6-13)4-12(3-8,7-13)10(20)19-25(22,23)14(15,16)17/h8-9H,2-7H2,1H3,(H,18,21)(H,19,20). The molecule has 142 valence electrons. The van der Waals surface area contributed by atoms with Gasteiger partial charge in [-0.1, -0.05) is 0 Å². The first kappa shape index (κ1) is 18.3. The minimum Gasteiger partial charge on any atom is -0.443 e. The summed E-state index contributed by atoms with van der Waals surface area (Å²) in [4.78, 5) is 24.2. The summed E-state index contributed by atoms with van der Waals surface area (Å²) in [6.07, 6.45) is 1.87. The van der Waals surface area contributed by atoms with Crippen LogP contribution in [0.4, 0.5) is 18.0 Å². The second kappa shape index (κ2) is 5.49. The molecule has 4 bridgehead atoms. The molecular weight excluding hydrogens is 365 g/mol. The number of carbonyl (C=O) groups excluding carboxylic acids is 2. The van der Waals surface area contributed by atoms with Gasteiger partial charge in [-0.15, -0.1) is 0 Å². The molecule has 11 heteroatoms. The van der Waals surface area contributed by atoms with Gasteiger partial charge in [-0.05, 0) is 43.9 Å². The number of ether oxygens (including phenoxy) is 1. The van der Waals surface area contributed by atoms with Crippen LogP contribution < -0.4 is 10.0 Å². The van der Waals surface area contributed by atoms with Crippen LogP contribution in [-0.4, -0.2) is 38.6 Å². The molecule has 2 amide bonds. The first-order valence-electron chi connectivity index (χ1n) is 7.95. The fraction of sp³-hybridized carbons (Fsp3) is 0.857. The van der Waals surface area contributed by atoms with Gasteiger partial charge in [-0.25, -0.2) is 9.52 Å². The molecule has 4 aliphatic rings. The van der Waals surface area contributed by atoms with Gasteiger partial charge < -0.3 is 10.1 Å². The number of carbonyl (C=O) groups is 2. The van der Waals surface area contributed by atoms with Crippen molar-refractivity contribution >= 4 is 22.0 Å². The van der Waals surface area contributed by atoms with Crippen molar-refractivity contribution in [2.75, 3.05) is 7.05 Å². The highest BCUT2D eigenvalue weighted by molar-refractivity contribution is 7.90. The first-order valence-corrected chi connectivity index (χ1v) is 9.43. The predicted molar refractivity (Wildman–Crippen MR) is 78.5 cm³/mol. The Hall–Kier alpha value is -1.52. The minimum atomic E-state index is -5.76. The second-order valence-corrected chi connectivity index (χ2v) is 9.12. The molecule has 0 aromatic carbocycles. The molecule has 0 radical (unpaired) electrons. The maximum absolute atomic E-state index is 12.6. The number of amides is 2. The van der Waals surface area contributed by atoms with Gasteiger partial charge in [-0.3, -0.25) is 4.79 Å². The van der Waals surface area contributed by atoms with Crippen molar-refractivity contribution in [3.05, 3.63) is 0 Å². The lowest BCUT2D eigenvalue weighted by molar-refractivity contribution is -0.177. The molecular formula is C14H19F3N2O5S. The minimum absolute atomic E-state index is 0.0187. The number of halogens is 3. The van der Waals surface area contributed by atoms with E-state index < -0.39 is 38.5 Å². The molecule has 25 heavy (non-hydrogen) atoms. The highest BCUT2D eigenvalue weighted by atomic mass is 32.2. The zero-order valence-electron chi connectivity index (χ0n) is 13.5. The molecule has 0 aliphatic heterocycles. The van der Waals surface area contributed by atoms with E-state index in [9.17, 15) is 31.2 Å². The Bertz CT molecular complexity index is 692. The summed E-state index contributed by atoms with van der Waals surface area (Å²) < 4.78 is 67.0. The van der Waals surface area contributed by atoms with E-state index in [-0.39, 0.29) is 18.3 Å². The molecule has 0 spiro atoms. The number of hydrogen-bond donors (Lipinski definition) is 2. The fourth-order valence-electron chi connectivity index (χ4n) is 5.10. The Morgan fingerprint density at radius 1 is 1.12 bits per heavy atom. The Balaban J connectivity index is 1.86. The van der Waals surface area contributed by atoms with E-state index >= 15 is 0 Å². The lowest BCUT2D eigenvalue weighted by atomic mass is 9.47. The van der Waals surface area contributed by atoms with E-state index in [4.69, 9.17) is 4.74 Å². The highest BCUT2D eigenvalue weighted by Crippen LogP contribution is 2.63. The first-order chi connectivity index (χ1) is 11.4. The number of sulfonamides is 1.